The number of ether oxygens (including phenoxy) is 1. The molecule has 1 aromatic carbocycles. The van der Waals surface area contributed by atoms with Crippen LogP contribution in [0.15, 0.2) is 18.2 Å². The van der Waals surface area contributed by atoms with Crippen molar-refractivity contribution in [2.24, 2.45) is 0 Å². The Balaban J connectivity index is 2.67. The molecule has 1 amide bonds. The van der Waals surface area contributed by atoms with Gasteiger partial charge in [0.2, 0.25) is 0 Å². The molecule has 0 aromatic heterocycles. The molecule has 19 heavy (non-hydrogen) atoms. The molecule has 0 aliphatic carbocycles. The van der Waals surface area contributed by atoms with Crippen LogP contribution in [-0.2, 0) is 11.2 Å². The van der Waals surface area contributed by atoms with Crippen LogP contribution in [0.4, 0.5) is 10.5 Å². The minimum Gasteiger partial charge on any atom is -0.444 e. The van der Waals surface area contributed by atoms with Gasteiger partial charge in [0.05, 0.1) is 10.7 Å². The Morgan fingerprint density at radius 1 is 1.42 bits per heavy atom. The number of amides is 1. The number of aryl methyl sites for hydroxylation is 1. The Morgan fingerprint density at radius 2 is 2.11 bits per heavy atom. The summed E-state index contributed by atoms with van der Waals surface area (Å²) in [6.07, 6.45) is 1.51. The molecule has 0 heterocycles. The van der Waals surface area contributed by atoms with Gasteiger partial charge in [-0.2, -0.15) is 0 Å². The van der Waals surface area contributed by atoms with Crippen molar-refractivity contribution in [3.63, 3.8) is 0 Å². The standard InChI is InChI=1S/C14H19BrClNO2/c1-14(2,3)19-13(18)17-12-7-6-10(5-4-8-15)9-11(12)16/h6-7,9H,4-5,8H2,1-3H3,(H,17,18). The monoisotopic (exact) mass is 347 g/mol. The highest BCUT2D eigenvalue weighted by atomic mass is 79.9. The van der Waals surface area contributed by atoms with Crippen molar-refractivity contribution in [1.29, 1.82) is 0 Å². The lowest BCUT2D eigenvalue weighted by Crippen LogP contribution is -2.27. The van der Waals surface area contributed by atoms with Crippen LogP contribution < -0.4 is 5.32 Å². The third-order valence-corrected chi connectivity index (χ3v) is 3.14. The van der Waals surface area contributed by atoms with Crippen molar-refractivity contribution >= 4 is 39.3 Å². The zero-order valence-corrected chi connectivity index (χ0v) is 13.8. The van der Waals surface area contributed by atoms with E-state index in [4.69, 9.17) is 16.3 Å². The lowest BCUT2D eigenvalue weighted by Gasteiger charge is -2.20. The number of carbonyl (C=O) groups excluding carboxylic acids is 1. The number of nitrogens with one attached hydrogen (secondary N) is 1. The molecule has 5 heteroatoms. The Hall–Kier alpha value is -0.740. The van der Waals surface area contributed by atoms with E-state index in [0.29, 0.717) is 10.7 Å². The Morgan fingerprint density at radius 3 is 2.63 bits per heavy atom. The van der Waals surface area contributed by atoms with Crippen LogP contribution in [0.3, 0.4) is 0 Å². The molecule has 1 aromatic rings. The molecule has 0 aliphatic heterocycles. The highest BCUT2D eigenvalue weighted by molar-refractivity contribution is 9.09. The molecule has 3 nitrogen and oxygen atoms in total. The van der Waals surface area contributed by atoms with E-state index >= 15 is 0 Å². The quantitative estimate of drug-likeness (QED) is 0.776. The summed E-state index contributed by atoms with van der Waals surface area (Å²) >= 11 is 9.54. The zero-order chi connectivity index (χ0) is 14.5. The molecular weight excluding hydrogens is 330 g/mol. The summed E-state index contributed by atoms with van der Waals surface area (Å²) in [4.78, 5) is 11.6. The first kappa shape index (κ1) is 16.3. The van der Waals surface area contributed by atoms with E-state index in [0.717, 1.165) is 23.7 Å². The lowest BCUT2D eigenvalue weighted by molar-refractivity contribution is 0.0636. The highest BCUT2D eigenvalue weighted by Crippen LogP contribution is 2.24. The minimum atomic E-state index is -0.521. The number of carbonyl (C=O) groups is 1. The number of halogens is 2. The molecule has 1 rings (SSSR count). The van der Waals surface area contributed by atoms with Crippen LogP contribution in [0.2, 0.25) is 5.02 Å². The molecule has 0 aliphatic rings. The van der Waals surface area contributed by atoms with Crippen LogP contribution in [0.1, 0.15) is 32.8 Å². The maximum Gasteiger partial charge on any atom is 0.412 e. The predicted octanol–water partition coefficient (Wildman–Crippen LogP) is 5.01. The summed E-state index contributed by atoms with van der Waals surface area (Å²) in [6, 6.07) is 5.63. The van der Waals surface area contributed by atoms with E-state index in [2.05, 4.69) is 21.2 Å². The van der Waals surface area contributed by atoms with Gasteiger partial charge in [0, 0.05) is 5.33 Å². The SMILES string of the molecule is CC(C)(C)OC(=O)Nc1ccc(CCCBr)cc1Cl. The molecule has 0 fully saturated rings. The summed E-state index contributed by atoms with van der Waals surface area (Å²) < 4.78 is 5.18. The predicted molar refractivity (Wildman–Crippen MR) is 83.4 cm³/mol. The molecule has 0 unspecified atom stereocenters. The first-order valence-electron chi connectivity index (χ1n) is 6.16. The maximum atomic E-state index is 11.6. The van der Waals surface area contributed by atoms with Crippen LogP contribution in [0.25, 0.3) is 0 Å². The number of hydrogen-bond donors (Lipinski definition) is 1. The topological polar surface area (TPSA) is 38.3 Å². The number of hydrogen-bond acceptors (Lipinski definition) is 2. The van der Waals surface area contributed by atoms with Gasteiger partial charge in [0.15, 0.2) is 0 Å². The van der Waals surface area contributed by atoms with Gasteiger partial charge in [-0.05, 0) is 51.3 Å². The molecule has 1 N–H and O–H groups in total. The Labute approximate surface area is 127 Å². The summed E-state index contributed by atoms with van der Waals surface area (Å²) in [5, 5.41) is 4.13. The molecule has 0 saturated heterocycles. The molecule has 0 bridgehead atoms. The third-order valence-electron chi connectivity index (χ3n) is 2.27. The van der Waals surface area contributed by atoms with Gasteiger partial charge >= 0.3 is 6.09 Å². The van der Waals surface area contributed by atoms with Crippen molar-refractivity contribution in [2.45, 2.75) is 39.2 Å². The van der Waals surface area contributed by atoms with Gasteiger partial charge in [-0.1, -0.05) is 33.6 Å². The van der Waals surface area contributed by atoms with Crippen molar-refractivity contribution in [1.82, 2.24) is 0 Å². The van der Waals surface area contributed by atoms with E-state index in [1.54, 1.807) is 6.07 Å². The van der Waals surface area contributed by atoms with Gasteiger partial charge in [0.25, 0.3) is 0 Å². The van der Waals surface area contributed by atoms with Crippen LogP contribution in [0, 0.1) is 0 Å². The van der Waals surface area contributed by atoms with Crippen LogP contribution in [0.5, 0.6) is 0 Å². The molecule has 0 saturated carbocycles. The van der Waals surface area contributed by atoms with E-state index < -0.39 is 11.7 Å². The molecule has 0 radical (unpaired) electrons. The third kappa shape index (κ3) is 6.30. The van der Waals surface area contributed by atoms with Crippen LogP contribution >= 0.6 is 27.5 Å². The number of rotatable bonds is 4. The molecule has 0 atom stereocenters. The largest absolute Gasteiger partial charge is 0.444 e. The smallest absolute Gasteiger partial charge is 0.412 e. The number of benzene rings is 1. The van der Waals surface area contributed by atoms with E-state index in [1.807, 2.05) is 32.9 Å². The first-order valence-corrected chi connectivity index (χ1v) is 7.66. The summed E-state index contributed by atoms with van der Waals surface area (Å²) in [5.41, 5.74) is 1.20. The van der Waals surface area contributed by atoms with E-state index in [-0.39, 0.29) is 0 Å². The van der Waals surface area contributed by atoms with Gasteiger partial charge in [0.1, 0.15) is 5.60 Å². The van der Waals surface area contributed by atoms with Crippen molar-refractivity contribution in [3.8, 4) is 0 Å². The van der Waals surface area contributed by atoms with Crippen LogP contribution in [-0.4, -0.2) is 17.0 Å². The van der Waals surface area contributed by atoms with Gasteiger partial charge in [-0.3, -0.25) is 5.32 Å². The van der Waals surface area contributed by atoms with Crippen molar-refractivity contribution < 1.29 is 9.53 Å². The summed E-state index contributed by atoms with van der Waals surface area (Å²) in [5.74, 6) is 0. The normalized spacial score (nSPS) is 11.2. The zero-order valence-electron chi connectivity index (χ0n) is 11.4. The fourth-order valence-electron chi connectivity index (χ4n) is 1.50. The van der Waals surface area contributed by atoms with Crippen molar-refractivity contribution in [2.75, 3.05) is 10.6 Å². The van der Waals surface area contributed by atoms with Gasteiger partial charge in [-0.25, -0.2) is 4.79 Å². The molecular formula is C14H19BrClNO2. The Bertz CT molecular complexity index is 444. The first-order chi connectivity index (χ1) is 8.81. The fourth-order valence-corrected chi connectivity index (χ4v) is 2.03. The Kier molecular flexibility index (Phi) is 6.14. The molecule has 106 valence electrons. The van der Waals surface area contributed by atoms with Crippen molar-refractivity contribution in [3.05, 3.63) is 28.8 Å². The summed E-state index contributed by atoms with van der Waals surface area (Å²) in [6.45, 7) is 5.45. The second-order valence-corrected chi connectivity index (χ2v) is 6.43. The van der Waals surface area contributed by atoms with E-state index in [9.17, 15) is 4.79 Å². The number of anilines is 1. The van der Waals surface area contributed by atoms with E-state index in [1.165, 1.54) is 0 Å². The highest BCUT2D eigenvalue weighted by Gasteiger charge is 2.17. The number of alkyl halides is 1. The minimum absolute atomic E-state index is 0.498. The lowest BCUT2D eigenvalue weighted by atomic mass is 10.1. The average molecular weight is 349 g/mol. The van der Waals surface area contributed by atoms with Gasteiger partial charge < -0.3 is 4.74 Å². The summed E-state index contributed by atoms with van der Waals surface area (Å²) in [7, 11) is 0. The second-order valence-electron chi connectivity index (χ2n) is 5.23. The van der Waals surface area contributed by atoms with Gasteiger partial charge in [-0.15, -0.1) is 0 Å². The fraction of sp³-hybridized carbons (Fsp3) is 0.500. The average Bonchev–Trinajstić information content (AvgIpc) is 2.27. The molecule has 0 spiro atoms. The second kappa shape index (κ2) is 7.15. The maximum absolute atomic E-state index is 11.6.